The fourth-order valence-corrected chi connectivity index (χ4v) is 2.23. The maximum atomic E-state index is 6.23. The summed E-state index contributed by atoms with van der Waals surface area (Å²) in [4.78, 5) is 0. The average molecular weight is 278 g/mol. The minimum atomic E-state index is 0.220. The van der Waals surface area contributed by atoms with Gasteiger partial charge < -0.3 is 9.73 Å². The highest BCUT2D eigenvalue weighted by molar-refractivity contribution is 6.33. The molecule has 0 bridgehead atoms. The number of rotatable bonds is 5. The molecule has 0 saturated carbocycles. The predicted molar refractivity (Wildman–Crippen MR) is 80.6 cm³/mol. The molecule has 0 spiro atoms. The zero-order valence-electron chi connectivity index (χ0n) is 11.7. The standard InChI is InChI=1S/C16H20ClNO/c1-4-9-18-12(3)15-7-8-16(19-15)13-10-11(2)5-6-14(13)17/h5-8,10,12,18H,4,9H2,1-3H3. The lowest BCUT2D eigenvalue weighted by molar-refractivity contribution is 0.439. The molecule has 0 saturated heterocycles. The molecule has 102 valence electrons. The van der Waals surface area contributed by atoms with E-state index in [0.29, 0.717) is 0 Å². The van der Waals surface area contributed by atoms with Crippen LogP contribution in [0.2, 0.25) is 5.02 Å². The normalized spacial score (nSPS) is 12.6. The lowest BCUT2D eigenvalue weighted by atomic mass is 10.1. The van der Waals surface area contributed by atoms with Gasteiger partial charge in [0, 0.05) is 5.56 Å². The molecule has 2 rings (SSSR count). The SMILES string of the molecule is CCCNC(C)c1ccc(-c2cc(C)ccc2Cl)o1. The molecule has 1 aromatic carbocycles. The fourth-order valence-electron chi connectivity index (χ4n) is 2.02. The van der Waals surface area contributed by atoms with Crippen molar-refractivity contribution in [1.29, 1.82) is 0 Å². The third-order valence-electron chi connectivity index (χ3n) is 3.14. The molecule has 1 aromatic heterocycles. The van der Waals surface area contributed by atoms with E-state index in [1.165, 1.54) is 5.56 Å². The third kappa shape index (κ3) is 3.40. The van der Waals surface area contributed by atoms with Crippen LogP contribution >= 0.6 is 11.6 Å². The van der Waals surface area contributed by atoms with Crippen LogP contribution in [-0.2, 0) is 0 Å². The molecule has 1 heterocycles. The Morgan fingerprint density at radius 3 is 2.79 bits per heavy atom. The Balaban J connectivity index is 2.23. The zero-order valence-corrected chi connectivity index (χ0v) is 12.4. The summed E-state index contributed by atoms with van der Waals surface area (Å²) in [7, 11) is 0. The molecule has 3 heteroatoms. The van der Waals surface area contributed by atoms with Crippen molar-refractivity contribution in [1.82, 2.24) is 5.32 Å². The smallest absolute Gasteiger partial charge is 0.135 e. The van der Waals surface area contributed by atoms with Crippen molar-refractivity contribution in [3.05, 3.63) is 46.7 Å². The van der Waals surface area contributed by atoms with Crippen LogP contribution in [0.5, 0.6) is 0 Å². The van der Waals surface area contributed by atoms with E-state index in [1.807, 2.05) is 24.3 Å². The molecule has 2 aromatic rings. The van der Waals surface area contributed by atoms with Gasteiger partial charge in [-0.3, -0.25) is 0 Å². The van der Waals surface area contributed by atoms with Crippen LogP contribution in [0.1, 0.15) is 37.6 Å². The van der Waals surface area contributed by atoms with Gasteiger partial charge in [0.25, 0.3) is 0 Å². The second-order valence-corrected chi connectivity index (χ2v) is 5.27. The van der Waals surface area contributed by atoms with Crippen LogP contribution in [0.25, 0.3) is 11.3 Å². The van der Waals surface area contributed by atoms with Crippen molar-refractivity contribution in [3.8, 4) is 11.3 Å². The van der Waals surface area contributed by atoms with Crippen LogP contribution < -0.4 is 5.32 Å². The Morgan fingerprint density at radius 2 is 2.05 bits per heavy atom. The molecule has 0 aliphatic carbocycles. The van der Waals surface area contributed by atoms with Crippen LogP contribution in [0, 0.1) is 6.92 Å². The molecule has 1 N–H and O–H groups in total. The summed E-state index contributed by atoms with van der Waals surface area (Å²) in [5.74, 6) is 1.77. The van der Waals surface area contributed by atoms with Crippen molar-refractivity contribution >= 4 is 11.6 Å². The molecular formula is C16H20ClNO. The molecular weight excluding hydrogens is 258 g/mol. The second-order valence-electron chi connectivity index (χ2n) is 4.86. The number of furan rings is 1. The Hall–Kier alpha value is -1.25. The first-order valence-corrected chi connectivity index (χ1v) is 7.09. The van der Waals surface area contributed by atoms with E-state index in [1.54, 1.807) is 0 Å². The minimum Gasteiger partial charge on any atom is -0.459 e. The monoisotopic (exact) mass is 277 g/mol. The molecule has 19 heavy (non-hydrogen) atoms. The fraction of sp³-hybridized carbons (Fsp3) is 0.375. The largest absolute Gasteiger partial charge is 0.459 e. The zero-order chi connectivity index (χ0) is 13.8. The lowest BCUT2D eigenvalue weighted by Gasteiger charge is -2.10. The summed E-state index contributed by atoms with van der Waals surface area (Å²) in [6.45, 7) is 7.30. The van der Waals surface area contributed by atoms with Gasteiger partial charge in [-0.2, -0.15) is 0 Å². The summed E-state index contributed by atoms with van der Waals surface area (Å²) >= 11 is 6.23. The van der Waals surface area contributed by atoms with Gasteiger partial charge in [0.2, 0.25) is 0 Å². The van der Waals surface area contributed by atoms with Crippen LogP contribution in [0.3, 0.4) is 0 Å². The van der Waals surface area contributed by atoms with Crippen molar-refractivity contribution < 1.29 is 4.42 Å². The molecule has 1 atom stereocenters. The molecule has 0 aliphatic heterocycles. The van der Waals surface area contributed by atoms with E-state index < -0.39 is 0 Å². The maximum absolute atomic E-state index is 6.23. The van der Waals surface area contributed by atoms with E-state index in [4.69, 9.17) is 16.0 Å². The van der Waals surface area contributed by atoms with Crippen molar-refractivity contribution in [3.63, 3.8) is 0 Å². The average Bonchev–Trinajstić information content (AvgIpc) is 2.88. The first-order valence-electron chi connectivity index (χ1n) is 6.71. The van der Waals surface area contributed by atoms with E-state index in [-0.39, 0.29) is 6.04 Å². The summed E-state index contributed by atoms with van der Waals surface area (Å²) in [5.41, 5.74) is 2.13. The van der Waals surface area contributed by atoms with Crippen LogP contribution in [-0.4, -0.2) is 6.54 Å². The van der Waals surface area contributed by atoms with Gasteiger partial charge in [0.15, 0.2) is 0 Å². The molecule has 0 radical (unpaired) electrons. The van der Waals surface area contributed by atoms with E-state index in [0.717, 1.165) is 35.1 Å². The number of aryl methyl sites for hydroxylation is 1. The predicted octanol–water partition coefficient (Wildman–Crippen LogP) is 4.97. The van der Waals surface area contributed by atoms with Gasteiger partial charge in [-0.25, -0.2) is 0 Å². The van der Waals surface area contributed by atoms with Crippen molar-refractivity contribution in [2.24, 2.45) is 0 Å². The molecule has 0 aliphatic rings. The van der Waals surface area contributed by atoms with Crippen LogP contribution in [0.15, 0.2) is 34.7 Å². The molecule has 0 fully saturated rings. The topological polar surface area (TPSA) is 25.2 Å². The first kappa shape index (κ1) is 14.2. The Bertz CT molecular complexity index is 547. The summed E-state index contributed by atoms with van der Waals surface area (Å²) in [5, 5.41) is 4.14. The maximum Gasteiger partial charge on any atom is 0.135 e. The molecule has 2 nitrogen and oxygen atoms in total. The third-order valence-corrected chi connectivity index (χ3v) is 3.47. The van der Waals surface area contributed by atoms with Gasteiger partial charge in [-0.15, -0.1) is 0 Å². The molecule has 0 amide bonds. The van der Waals surface area contributed by atoms with E-state index in [9.17, 15) is 0 Å². The highest BCUT2D eigenvalue weighted by Crippen LogP contribution is 2.31. The minimum absolute atomic E-state index is 0.220. The quantitative estimate of drug-likeness (QED) is 0.835. The van der Waals surface area contributed by atoms with Gasteiger partial charge in [-0.1, -0.05) is 30.2 Å². The second kappa shape index (κ2) is 6.27. The van der Waals surface area contributed by atoms with Gasteiger partial charge >= 0.3 is 0 Å². The highest BCUT2D eigenvalue weighted by atomic mass is 35.5. The molecule has 1 unspecified atom stereocenters. The van der Waals surface area contributed by atoms with Gasteiger partial charge in [0.05, 0.1) is 11.1 Å². The number of hydrogen-bond acceptors (Lipinski definition) is 2. The first-order chi connectivity index (χ1) is 9.11. The number of halogens is 1. The Kier molecular flexibility index (Phi) is 4.67. The summed E-state index contributed by atoms with van der Waals surface area (Å²) < 4.78 is 5.92. The van der Waals surface area contributed by atoms with Crippen molar-refractivity contribution in [2.75, 3.05) is 6.54 Å². The van der Waals surface area contributed by atoms with E-state index >= 15 is 0 Å². The van der Waals surface area contributed by atoms with Crippen LogP contribution in [0.4, 0.5) is 0 Å². The highest BCUT2D eigenvalue weighted by Gasteiger charge is 2.12. The van der Waals surface area contributed by atoms with E-state index in [2.05, 4.69) is 32.2 Å². The Labute approximate surface area is 119 Å². The summed E-state index contributed by atoms with van der Waals surface area (Å²) in [6.07, 6.45) is 1.11. The number of nitrogens with one attached hydrogen (secondary N) is 1. The summed E-state index contributed by atoms with van der Waals surface area (Å²) in [6, 6.07) is 10.2. The number of benzene rings is 1. The van der Waals surface area contributed by atoms with Crippen molar-refractivity contribution in [2.45, 2.75) is 33.2 Å². The number of hydrogen-bond donors (Lipinski definition) is 1. The van der Waals surface area contributed by atoms with Gasteiger partial charge in [0.1, 0.15) is 11.5 Å². The van der Waals surface area contributed by atoms with Gasteiger partial charge in [-0.05, 0) is 51.1 Å². The lowest BCUT2D eigenvalue weighted by Crippen LogP contribution is -2.18. The Morgan fingerprint density at radius 1 is 1.26 bits per heavy atom.